The van der Waals surface area contributed by atoms with Gasteiger partial charge < -0.3 is 5.32 Å². The summed E-state index contributed by atoms with van der Waals surface area (Å²) in [4.78, 5) is 21.8. The molecule has 0 unspecified atom stereocenters. The molecule has 9 heteroatoms. The van der Waals surface area contributed by atoms with Crippen molar-refractivity contribution < 1.29 is 9.18 Å². The van der Waals surface area contributed by atoms with Crippen LogP contribution in [-0.2, 0) is 11.2 Å². The van der Waals surface area contributed by atoms with E-state index in [1.54, 1.807) is 27.6 Å². The molecule has 0 aliphatic rings. The Hall–Kier alpha value is -3.88. The normalized spacial score (nSPS) is 11.1. The van der Waals surface area contributed by atoms with E-state index in [0.717, 1.165) is 34.0 Å². The van der Waals surface area contributed by atoms with Crippen LogP contribution in [0.3, 0.4) is 0 Å². The first-order chi connectivity index (χ1) is 15.2. The topological polar surface area (TPSA) is 90.5 Å². The molecular weight excluding hydrogens is 409 g/mol. The monoisotopic (exact) mass is 433 g/mol. The summed E-state index contributed by atoms with van der Waals surface area (Å²) in [6.07, 6.45) is 0.135. The average molecular weight is 433 g/mol. The van der Waals surface area contributed by atoms with Gasteiger partial charge in [0.15, 0.2) is 0 Å². The van der Waals surface area contributed by atoms with Gasteiger partial charge in [0.05, 0.1) is 23.5 Å². The lowest BCUT2D eigenvalue weighted by Crippen LogP contribution is -2.18. The minimum Gasteiger partial charge on any atom is -0.310 e. The van der Waals surface area contributed by atoms with Gasteiger partial charge in [-0.25, -0.2) is 23.7 Å². The number of nitrogens with one attached hydrogen (secondary N) is 1. The molecule has 1 amide bonds. The fourth-order valence-electron chi connectivity index (χ4n) is 3.64. The summed E-state index contributed by atoms with van der Waals surface area (Å²) in [5, 5.41) is 11.9. The number of nitrogens with zero attached hydrogens (tertiary/aromatic N) is 6. The minimum absolute atomic E-state index is 0.135. The second-order valence-electron chi connectivity index (χ2n) is 7.80. The van der Waals surface area contributed by atoms with E-state index in [1.807, 2.05) is 40.7 Å². The first kappa shape index (κ1) is 21.4. The van der Waals surface area contributed by atoms with Gasteiger partial charge in [0, 0.05) is 28.7 Å². The van der Waals surface area contributed by atoms with Crippen molar-refractivity contribution >= 4 is 11.7 Å². The van der Waals surface area contributed by atoms with E-state index in [9.17, 15) is 9.18 Å². The van der Waals surface area contributed by atoms with Crippen molar-refractivity contribution in [1.29, 1.82) is 0 Å². The minimum atomic E-state index is -0.334. The number of aryl methyl sites for hydroxylation is 4. The molecule has 0 radical (unpaired) electrons. The summed E-state index contributed by atoms with van der Waals surface area (Å²) in [6, 6.07) is 9.60. The quantitative estimate of drug-likeness (QED) is 0.518. The Labute approximate surface area is 185 Å². The maximum atomic E-state index is 13.3. The lowest BCUT2D eigenvalue weighted by Gasteiger charge is -2.09. The molecule has 0 aliphatic carbocycles. The van der Waals surface area contributed by atoms with Gasteiger partial charge >= 0.3 is 0 Å². The van der Waals surface area contributed by atoms with Gasteiger partial charge in [-0.05, 0) is 65.0 Å². The van der Waals surface area contributed by atoms with Crippen LogP contribution in [0, 0.1) is 40.4 Å². The van der Waals surface area contributed by atoms with Crippen LogP contribution in [0.1, 0.15) is 34.0 Å². The first-order valence-corrected chi connectivity index (χ1v) is 10.2. The molecule has 3 aromatic heterocycles. The smallest absolute Gasteiger partial charge is 0.251 e. The fourth-order valence-corrected chi connectivity index (χ4v) is 3.64. The van der Waals surface area contributed by atoms with Gasteiger partial charge in [0.1, 0.15) is 11.6 Å². The van der Waals surface area contributed by atoms with E-state index in [-0.39, 0.29) is 18.1 Å². The van der Waals surface area contributed by atoms with Crippen molar-refractivity contribution in [2.75, 3.05) is 5.32 Å². The fraction of sp³-hybridized carbons (Fsp3) is 0.261. The number of aromatic nitrogens is 6. The highest BCUT2D eigenvalue weighted by atomic mass is 19.1. The molecule has 1 N–H and O–H groups in total. The van der Waals surface area contributed by atoms with Crippen LogP contribution in [0.2, 0.25) is 0 Å². The summed E-state index contributed by atoms with van der Waals surface area (Å²) < 4.78 is 16.5. The molecule has 0 saturated carbocycles. The number of carbonyl (C=O) groups is 1. The molecular formula is C23H24FN7O. The highest BCUT2D eigenvalue weighted by Gasteiger charge is 2.19. The molecule has 8 nitrogen and oxygen atoms in total. The zero-order valence-corrected chi connectivity index (χ0v) is 18.6. The van der Waals surface area contributed by atoms with Crippen LogP contribution in [-0.4, -0.2) is 35.4 Å². The van der Waals surface area contributed by atoms with Crippen LogP contribution in [0.4, 0.5) is 10.2 Å². The molecule has 0 fully saturated rings. The molecule has 0 spiro atoms. The number of benzene rings is 1. The zero-order chi connectivity index (χ0) is 23.0. The molecule has 0 aliphatic heterocycles. The van der Waals surface area contributed by atoms with Crippen molar-refractivity contribution in [2.24, 2.45) is 0 Å². The van der Waals surface area contributed by atoms with Crippen molar-refractivity contribution in [3.05, 3.63) is 76.2 Å². The Bertz CT molecular complexity index is 1280. The second-order valence-corrected chi connectivity index (χ2v) is 7.80. The number of halogens is 1. The predicted molar refractivity (Wildman–Crippen MR) is 119 cm³/mol. The molecule has 32 heavy (non-hydrogen) atoms. The summed E-state index contributed by atoms with van der Waals surface area (Å²) in [7, 11) is 0. The second kappa shape index (κ2) is 8.33. The molecule has 0 bridgehead atoms. The number of carbonyl (C=O) groups excluding carboxylic acids is 1. The number of amides is 1. The average Bonchev–Trinajstić information content (AvgIpc) is 3.21. The van der Waals surface area contributed by atoms with E-state index in [0.29, 0.717) is 17.5 Å². The van der Waals surface area contributed by atoms with Gasteiger partial charge in [-0.3, -0.25) is 4.79 Å². The van der Waals surface area contributed by atoms with Gasteiger partial charge in [0.2, 0.25) is 5.91 Å². The van der Waals surface area contributed by atoms with Crippen LogP contribution in [0.25, 0.3) is 11.6 Å². The standard InChI is InChI=1S/C23H24FN7O/c1-13-10-14(2)26-23(25-13)30-17(5)20(16(4)29-30)12-22(32)27-21-11-15(3)28-31(21)19-8-6-18(24)7-9-19/h6-11H,12H2,1-5H3,(H,27,32). The summed E-state index contributed by atoms with van der Waals surface area (Å²) in [5.41, 5.74) is 5.45. The lowest BCUT2D eigenvalue weighted by atomic mass is 10.1. The Balaban J connectivity index is 1.58. The molecule has 3 heterocycles. The van der Waals surface area contributed by atoms with Gasteiger partial charge in [-0.1, -0.05) is 0 Å². The van der Waals surface area contributed by atoms with Crippen LogP contribution in [0.15, 0.2) is 36.4 Å². The number of hydrogen-bond donors (Lipinski definition) is 1. The number of rotatable bonds is 5. The maximum absolute atomic E-state index is 13.3. The van der Waals surface area contributed by atoms with Gasteiger partial charge in [-0.2, -0.15) is 10.2 Å². The summed E-state index contributed by atoms with van der Waals surface area (Å²) in [6.45, 7) is 9.41. The van der Waals surface area contributed by atoms with Gasteiger partial charge in [0.25, 0.3) is 5.95 Å². The van der Waals surface area contributed by atoms with Crippen molar-refractivity contribution in [3.8, 4) is 11.6 Å². The highest BCUT2D eigenvalue weighted by Crippen LogP contribution is 2.20. The Morgan fingerprint density at radius 3 is 2.22 bits per heavy atom. The van der Waals surface area contributed by atoms with Crippen molar-refractivity contribution in [1.82, 2.24) is 29.5 Å². The molecule has 0 atom stereocenters. The Kier molecular flexibility index (Phi) is 5.56. The highest BCUT2D eigenvalue weighted by molar-refractivity contribution is 5.92. The lowest BCUT2D eigenvalue weighted by molar-refractivity contribution is -0.115. The molecule has 4 rings (SSSR count). The third kappa shape index (κ3) is 4.27. The van der Waals surface area contributed by atoms with Gasteiger partial charge in [-0.15, -0.1) is 0 Å². The number of hydrogen-bond acceptors (Lipinski definition) is 5. The summed E-state index contributed by atoms with van der Waals surface area (Å²) >= 11 is 0. The Morgan fingerprint density at radius 2 is 1.56 bits per heavy atom. The first-order valence-electron chi connectivity index (χ1n) is 10.2. The van der Waals surface area contributed by atoms with Crippen molar-refractivity contribution in [2.45, 2.75) is 41.0 Å². The molecule has 1 aromatic carbocycles. The van der Waals surface area contributed by atoms with E-state index in [4.69, 9.17) is 0 Å². The Morgan fingerprint density at radius 1 is 0.906 bits per heavy atom. The van der Waals surface area contributed by atoms with Crippen LogP contribution in [0.5, 0.6) is 0 Å². The largest absolute Gasteiger partial charge is 0.310 e. The summed E-state index contributed by atoms with van der Waals surface area (Å²) in [5.74, 6) is 0.457. The molecule has 4 aromatic rings. The molecule has 164 valence electrons. The van der Waals surface area contributed by atoms with E-state index in [1.165, 1.54) is 12.1 Å². The van der Waals surface area contributed by atoms with E-state index >= 15 is 0 Å². The van der Waals surface area contributed by atoms with E-state index in [2.05, 4.69) is 25.5 Å². The molecule has 0 saturated heterocycles. The predicted octanol–water partition coefficient (Wildman–Crippen LogP) is 3.71. The van der Waals surface area contributed by atoms with Crippen LogP contribution < -0.4 is 5.32 Å². The number of anilines is 1. The third-order valence-corrected chi connectivity index (χ3v) is 5.11. The van der Waals surface area contributed by atoms with Crippen molar-refractivity contribution in [3.63, 3.8) is 0 Å². The van der Waals surface area contributed by atoms with Crippen LogP contribution >= 0.6 is 0 Å². The SMILES string of the molecule is Cc1cc(C)nc(-n2nc(C)c(CC(=O)Nc3cc(C)nn3-c3ccc(F)cc3)c2C)n1. The van der Waals surface area contributed by atoms with E-state index < -0.39 is 0 Å². The maximum Gasteiger partial charge on any atom is 0.251 e. The third-order valence-electron chi connectivity index (χ3n) is 5.11. The zero-order valence-electron chi connectivity index (χ0n) is 18.6.